The SMILES string of the molecule is CC(c1cccnc1)c1cn(C[C@H]2CC[C@H](C)CC2)c2c(-c3cncc(Cl)c3)nc(C(=O)O)nc12. The van der Waals surface area contributed by atoms with Crippen molar-refractivity contribution in [3.8, 4) is 11.3 Å². The van der Waals surface area contributed by atoms with Crippen molar-refractivity contribution in [1.29, 1.82) is 0 Å². The van der Waals surface area contributed by atoms with Crippen molar-refractivity contribution in [3.63, 3.8) is 0 Å². The van der Waals surface area contributed by atoms with E-state index in [0.29, 0.717) is 27.7 Å². The van der Waals surface area contributed by atoms with Gasteiger partial charge in [-0.15, -0.1) is 0 Å². The summed E-state index contributed by atoms with van der Waals surface area (Å²) in [5.74, 6) is -0.120. The Hall–Kier alpha value is -3.32. The van der Waals surface area contributed by atoms with E-state index in [-0.39, 0.29) is 11.7 Å². The summed E-state index contributed by atoms with van der Waals surface area (Å²) in [7, 11) is 0. The highest BCUT2D eigenvalue weighted by atomic mass is 35.5. The Balaban J connectivity index is 1.73. The van der Waals surface area contributed by atoms with Crippen molar-refractivity contribution in [2.45, 2.75) is 52.0 Å². The van der Waals surface area contributed by atoms with Crippen LogP contribution in [0.15, 0.2) is 49.2 Å². The van der Waals surface area contributed by atoms with Crippen LogP contribution in [-0.4, -0.2) is 35.6 Å². The lowest BCUT2D eigenvalue weighted by molar-refractivity contribution is 0.0684. The van der Waals surface area contributed by atoms with Crippen LogP contribution in [0.3, 0.4) is 0 Å². The molecule has 1 aliphatic carbocycles. The molecular weight excluding hydrogens is 462 g/mol. The van der Waals surface area contributed by atoms with Gasteiger partial charge in [0.2, 0.25) is 5.82 Å². The highest BCUT2D eigenvalue weighted by molar-refractivity contribution is 6.30. The van der Waals surface area contributed by atoms with Gasteiger partial charge >= 0.3 is 5.97 Å². The lowest BCUT2D eigenvalue weighted by atomic mass is 9.83. The zero-order valence-corrected chi connectivity index (χ0v) is 20.6. The van der Waals surface area contributed by atoms with Crippen LogP contribution in [0.25, 0.3) is 22.3 Å². The molecule has 0 radical (unpaired) electrons. The number of carbonyl (C=O) groups is 1. The predicted molar refractivity (Wildman–Crippen MR) is 136 cm³/mol. The third-order valence-electron chi connectivity index (χ3n) is 7.15. The summed E-state index contributed by atoms with van der Waals surface area (Å²) in [6.07, 6.45) is 13.8. The summed E-state index contributed by atoms with van der Waals surface area (Å²) in [6, 6.07) is 5.71. The van der Waals surface area contributed by atoms with Crippen LogP contribution < -0.4 is 0 Å². The maximum atomic E-state index is 12.0. The molecule has 1 unspecified atom stereocenters. The van der Waals surface area contributed by atoms with Crippen molar-refractivity contribution in [1.82, 2.24) is 24.5 Å². The summed E-state index contributed by atoms with van der Waals surface area (Å²) in [6.45, 7) is 5.25. The summed E-state index contributed by atoms with van der Waals surface area (Å²) >= 11 is 6.26. The molecule has 0 aliphatic heterocycles. The minimum atomic E-state index is -1.17. The lowest BCUT2D eigenvalue weighted by Gasteiger charge is -2.26. The Bertz CT molecular complexity index is 1360. The lowest BCUT2D eigenvalue weighted by Crippen LogP contribution is -2.17. The number of hydrogen-bond donors (Lipinski definition) is 1. The second-order valence-electron chi connectivity index (χ2n) is 9.66. The maximum Gasteiger partial charge on any atom is 0.373 e. The smallest absolute Gasteiger partial charge is 0.373 e. The van der Waals surface area contributed by atoms with Crippen LogP contribution in [-0.2, 0) is 6.54 Å². The third-order valence-corrected chi connectivity index (χ3v) is 7.36. The minimum Gasteiger partial charge on any atom is -0.475 e. The van der Waals surface area contributed by atoms with Gasteiger partial charge < -0.3 is 9.67 Å². The molecule has 0 saturated heterocycles. The molecule has 1 N–H and O–H groups in total. The van der Waals surface area contributed by atoms with E-state index in [4.69, 9.17) is 11.6 Å². The first-order valence-electron chi connectivity index (χ1n) is 12.1. The molecule has 5 rings (SSSR count). The highest BCUT2D eigenvalue weighted by Gasteiger charge is 2.26. The van der Waals surface area contributed by atoms with Gasteiger partial charge in [0.1, 0.15) is 5.69 Å². The predicted octanol–water partition coefficient (Wildman–Crippen LogP) is 6.22. The Morgan fingerprint density at radius 3 is 2.66 bits per heavy atom. The highest BCUT2D eigenvalue weighted by Crippen LogP contribution is 2.37. The van der Waals surface area contributed by atoms with E-state index >= 15 is 0 Å². The molecule has 0 aromatic carbocycles. The number of carboxylic acids is 1. The van der Waals surface area contributed by atoms with Crippen LogP contribution in [0.4, 0.5) is 0 Å². The molecule has 8 heteroatoms. The van der Waals surface area contributed by atoms with Crippen LogP contribution in [0, 0.1) is 11.8 Å². The Morgan fingerprint density at radius 1 is 1.17 bits per heavy atom. The van der Waals surface area contributed by atoms with Gasteiger partial charge in [0.05, 0.1) is 16.1 Å². The first kappa shape index (κ1) is 23.4. The summed E-state index contributed by atoms with van der Waals surface area (Å²) < 4.78 is 2.22. The Labute approximate surface area is 209 Å². The number of carboxylic acid groups (broad SMARTS) is 1. The van der Waals surface area contributed by atoms with Crippen LogP contribution in [0.1, 0.15) is 67.2 Å². The largest absolute Gasteiger partial charge is 0.475 e. The minimum absolute atomic E-state index is 0.0271. The number of fused-ring (bicyclic) bond motifs is 1. The maximum absolute atomic E-state index is 12.0. The van der Waals surface area contributed by atoms with E-state index in [1.54, 1.807) is 24.7 Å². The van der Waals surface area contributed by atoms with Gasteiger partial charge in [-0.3, -0.25) is 9.97 Å². The molecule has 7 nitrogen and oxygen atoms in total. The fraction of sp³-hybridized carbons (Fsp3) is 0.370. The number of nitrogens with zero attached hydrogens (tertiary/aromatic N) is 5. The van der Waals surface area contributed by atoms with Crippen molar-refractivity contribution in [2.75, 3.05) is 0 Å². The Kier molecular flexibility index (Phi) is 6.52. The fourth-order valence-corrected chi connectivity index (χ4v) is 5.30. The summed E-state index contributed by atoms with van der Waals surface area (Å²) in [5.41, 5.74) is 4.68. The summed E-state index contributed by atoms with van der Waals surface area (Å²) in [5, 5.41) is 10.3. The third kappa shape index (κ3) is 4.78. The van der Waals surface area contributed by atoms with Gasteiger partial charge in [0, 0.05) is 54.6 Å². The van der Waals surface area contributed by atoms with Gasteiger partial charge in [-0.2, -0.15) is 0 Å². The standard InChI is InChI=1S/C27H28ClN5O2/c1-16-5-7-18(8-6-16)14-33-15-22(17(2)19-4-3-9-29-11-19)24-25(33)23(31-26(32-24)27(34)35)20-10-21(28)13-30-12-20/h3-4,9-13,15-18H,5-8,14H2,1-2H3,(H,34,35)/t16-,17?,18-. The molecule has 4 aromatic heterocycles. The van der Waals surface area contributed by atoms with E-state index in [9.17, 15) is 9.90 Å². The number of rotatable bonds is 6. The number of halogens is 1. The van der Waals surface area contributed by atoms with Crippen molar-refractivity contribution >= 4 is 28.6 Å². The van der Waals surface area contributed by atoms with Crippen molar-refractivity contribution in [3.05, 3.63) is 71.2 Å². The molecule has 180 valence electrons. The molecule has 1 aliphatic rings. The van der Waals surface area contributed by atoms with Gasteiger partial charge in [-0.1, -0.05) is 44.4 Å². The molecular formula is C27H28ClN5O2. The van der Waals surface area contributed by atoms with E-state index in [1.807, 2.05) is 18.3 Å². The first-order valence-corrected chi connectivity index (χ1v) is 12.4. The van der Waals surface area contributed by atoms with E-state index < -0.39 is 5.97 Å². The molecule has 1 atom stereocenters. The quantitative estimate of drug-likeness (QED) is 0.345. The van der Waals surface area contributed by atoms with Gasteiger partial charge in [-0.05, 0) is 42.4 Å². The van der Waals surface area contributed by atoms with E-state index in [0.717, 1.165) is 29.1 Å². The molecule has 0 amide bonds. The van der Waals surface area contributed by atoms with Crippen molar-refractivity contribution in [2.24, 2.45) is 11.8 Å². The van der Waals surface area contributed by atoms with Crippen LogP contribution in [0.5, 0.6) is 0 Å². The number of hydrogen-bond acceptors (Lipinski definition) is 5. The molecule has 4 heterocycles. The zero-order valence-electron chi connectivity index (χ0n) is 19.9. The van der Waals surface area contributed by atoms with Gasteiger partial charge in [0.25, 0.3) is 0 Å². The molecule has 4 aromatic rings. The average molecular weight is 490 g/mol. The number of aromatic nitrogens is 5. The van der Waals surface area contributed by atoms with Gasteiger partial charge in [-0.25, -0.2) is 14.8 Å². The molecule has 0 bridgehead atoms. The zero-order chi connectivity index (χ0) is 24.5. The monoisotopic (exact) mass is 489 g/mol. The first-order chi connectivity index (χ1) is 16.9. The van der Waals surface area contributed by atoms with Crippen LogP contribution in [0.2, 0.25) is 5.02 Å². The molecule has 0 spiro atoms. The van der Waals surface area contributed by atoms with Crippen LogP contribution >= 0.6 is 11.6 Å². The molecule has 1 saturated carbocycles. The van der Waals surface area contributed by atoms with E-state index in [2.05, 4.69) is 44.5 Å². The second kappa shape index (κ2) is 9.74. The van der Waals surface area contributed by atoms with Gasteiger partial charge in [0.15, 0.2) is 0 Å². The van der Waals surface area contributed by atoms with E-state index in [1.165, 1.54) is 25.7 Å². The second-order valence-corrected chi connectivity index (χ2v) is 10.1. The molecule has 1 fully saturated rings. The number of aromatic carboxylic acids is 1. The summed E-state index contributed by atoms with van der Waals surface area (Å²) in [4.78, 5) is 29.6. The fourth-order valence-electron chi connectivity index (χ4n) is 5.12. The topological polar surface area (TPSA) is 93.8 Å². The van der Waals surface area contributed by atoms with Crippen molar-refractivity contribution < 1.29 is 9.90 Å². The number of pyridine rings is 2. The molecule has 35 heavy (non-hydrogen) atoms. The Morgan fingerprint density at radius 2 is 1.97 bits per heavy atom. The average Bonchev–Trinajstić information content (AvgIpc) is 3.23. The normalized spacial score (nSPS) is 19.1.